The number of aryl methyl sites for hydroxylation is 1. The molecule has 0 aliphatic rings. The van der Waals surface area contributed by atoms with Crippen molar-refractivity contribution in [1.29, 1.82) is 0 Å². The molecule has 0 unspecified atom stereocenters. The maximum atomic E-state index is 13.9. The van der Waals surface area contributed by atoms with E-state index in [-0.39, 0.29) is 23.3 Å². The summed E-state index contributed by atoms with van der Waals surface area (Å²) < 4.78 is 24.6. The molecule has 0 saturated heterocycles. The molecule has 1 atom stereocenters. The zero-order valence-electron chi connectivity index (χ0n) is 15.9. The summed E-state index contributed by atoms with van der Waals surface area (Å²) in [6.07, 6.45) is 0. The fraction of sp³-hybridized carbons (Fsp3) is 0.286. The van der Waals surface area contributed by atoms with Crippen molar-refractivity contribution in [2.24, 2.45) is 0 Å². The highest BCUT2D eigenvalue weighted by molar-refractivity contribution is 5.99. The number of hydrogen-bond acceptors (Lipinski definition) is 4. The van der Waals surface area contributed by atoms with Gasteiger partial charge >= 0.3 is 0 Å². The first-order chi connectivity index (χ1) is 12.9. The Morgan fingerprint density at radius 2 is 1.93 bits per heavy atom. The predicted octanol–water partition coefficient (Wildman–Crippen LogP) is 3.92. The molecular formula is C21H23FN2O3. The molecular weight excluding hydrogens is 347 g/mol. The van der Waals surface area contributed by atoms with Crippen molar-refractivity contribution in [3.8, 4) is 5.75 Å². The first kappa shape index (κ1) is 18.9. The van der Waals surface area contributed by atoms with Gasteiger partial charge < -0.3 is 19.4 Å². The molecule has 1 aromatic heterocycles. The molecule has 5 nitrogen and oxygen atoms in total. The summed E-state index contributed by atoms with van der Waals surface area (Å²) in [5, 5.41) is 3.51. The second-order valence-corrected chi connectivity index (χ2v) is 6.64. The average Bonchev–Trinajstić information content (AvgIpc) is 3.00. The van der Waals surface area contributed by atoms with Crippen molar-refractivity contribution >= 4 is 16.9 Å². The number of rotatable bonds is 6. The summed E-state index contributed by atoms with van der Waals surface area (Å²) in [6.45, 7) is 2.14. The quantitative estimate of drug-likeness (QED) is 0.715. The lowest BCUT2D eigenvalue weighted by molar-refractivity contribution is 0.0915. The van der Waals surface area contributed by atoms with Gasteiger partial charge in [-0.2, -0.15) is 0 Å². The number of carbonyl (C=O) groups is 1. The highest BCUT2D eigenvalue weighted by Gasteiger charge is 2.21. The van der Waals surface area contributed by atoms with Gasteiger partial charge in [-0.25, -0.2) is 4.39 Å². The van der Waals surface area contributed by atoms with E-state index in [2.05, 4.69) is 5.32 Å². The molecule has 1 heterocycles. The number of nitrogens with zero attached hydrogens (tertiary/aromatic N) is 1. The van der Waals surface area contributed by atoms with Crippen molar-refractivity contribution in [2.75, 3.05) is 27.7 Å². The Labute approximate surface area is 157 Å². The summed E-state index contributed by atoms with van der Waals surface area (Å²) in [5.74, 6) is 0.0880. The Hall–Kier alpha value is -2.86. The summed E-state index contributed by atoms with van der Waals surface area (Å²) in [5.41, 5.74) is 1.79. The summed E-state index contributed by atoms with van der Waals surface area (Å²) in [4.78, 5) is 14.7. The lowest BCUT2D eigenvalue weighted by Gasteiger charge is -2.25. The summed E-state index contributed by atoms with van der Waals surface area (Å²) in [6, 6.07) is 12.4. The third-order valence-electron chi connectivity index (χ3n) is 4.70. The van der Waals surface area contributed by atoms with E-state index >= 15 is 0 Å². The van der Waals surface area contributed by atoms with Crippen LogP contribution in [-0.4, -0.2) is 38.6 Å². The van der Waals surface area contributed by atoms with Crippen molar-refractivity contribution in [3.05, 3.63) is 65.2 Å². The molecule has 0 spiro atoms. The number of likely N-dealkylation sites (N-methyl/N-ethyl adjacent to an activating group) is 1. The van der Waals surface area contributed by atoms with Crippen LogP contribution in [0.2, 0.25) is 0 Å². The third-order valence-corrected chi connectivity index (χ3v) is 4.70. The van der Waals surface area contributed by atoms with Gasteiger partial charge in [-0.3, -0.25) is 4.79 Å². The first-order valence-electron chi connectivity index (χ1n) is 8.68. The zero-order valence-corrected chi connectivity index (χ0v) is 15.9. The van der Waals surface area contributed by atoms with Crippen LogP contribution in [0.25, 0.3) is 11.0 Å². The Kier molecular flexibility index (Phi) is 5.46. The van der Waals surface area contributed by atoms with Crippen LogP contribution >= 0.6 is 0 Å². The summed E-state index contributed by atoms with van der Waals surface area (Å²) in [7, 11) is 5.52. The van der Waals surface area contributed by atoms with Crippen LogP contribution in [0.4, 0.5) is 4.39 Å². The van der Waals surface area contributed by atoms with E-state index < -0.39 is 5.82 Å². The minimum Gasteiger partial charge on any atom is -0.497 e. The molecule has 0 radical (unpaired) electrons. The monoisotopic (exact) mass is 370 g/mol. The van der Waals surface area contributed by atoms with Crippen LogP contribution in [0.3, 0.4) is 0 Å². The van der Waals surface area contributed by atoms with Crippen molar-refractivity contribution < 1.29 is 18.3 Å². The molecule has 0 bridgehead atoms. The van der Waals surface area contributed by atoms with Gasteiger partial charge in [0.25, 0.3) is 5.91 Å². The Morgan fingerprint density at radius 1 is 1.22 bits per heavy atom. The van der Waals surface area contributed by atoms with Gasteiger partial charge in [0.15, 0.2) is 17.2 Å². The van der Waals surface area contributed by atoms with Crippen molar-refractivity contribution in [3.63, 3.8) is 0 Å². The van der Waals surface area contributed by atoms with Gasteiger partial charge in [-0.05, 0) is 44.8 Å². The summed E-state index contributed by atoms with van der Waals surface area (Å²) >= 11 is 0. The number of ether oxygens (including phenoxy) is 1. The molecule has 2 aromatic carbocycles. The number of fused-ring (bicyclic) bond motifs is 1. The molecule has 0 aliphatic heterocycles. The average molecular weight is 370 g/mol. The van der Waals surface area contributed by atoms with E-state index in [0.29, 0.717) is 17.5 Å². The number of nitrogens with one attached hydrogen (secondary N) is 1. The number of furan rings is 1. The molecule has 142 valence electrons. The fourth-order valence-corrected chi connectivity index (χ4v) is 3.12. The van der Waals surface area contributed by atoms with E-state index in [1.807, 2.05) is 43.3 Å². The number of halogens is 1. The molecule has 3 rings (SSSR count). The lowest BCUT2D eigenvalue weighted by Crippen LogP contribution is -2.34. The van der Waals surface area contributed by atoms with Gasteiger partial charge in [0.2, 0.25) is 0 Å². The number of benzene rings is 2. The van der Waals surface area contributed by atoms with Gasteiger partial charge in [0.1, 0.15) is 5.75 Å². The molecule has 0 fully saturated rings. The second-order valence-electron chi connectivity index (χ2n) is 6.64. The topological polar surface area (TPSA) is 54.7 Å². The highest BCUT2D eigenvalue weighted by Crippen LogP contribution is 2.27. The highest BCUT2D eigenvalue weighted by atomic mass is 19.1. The van der Waals surface area contributed by atoms with E-state index in [4.69, 9.17) is 9.15 Å². The third kappa shape index (κ3) is 3.80. The van der Waals surface area contributed by atoms with Crippen LogP contribution in [0, 0.1) is 12.7 Å². The molecule has 0 saturated carbocycles. The molecule has 6 heteroatoms. The Morgan fingerprint density at radius 3 is 2.52 bits per heavy atom. The maximum absolute atomic E-state index is 13.9. The molecule has 27 heavy (non-hydrogen) atoms. The van der Waals surface area contributed by atoms with Gasteiger partial charge in [0, 0.05) is 17.5 Å². The molecule has 0 aliphatic carbocycles. The minimum absolute atomic E-state index is 0.0266. The minimum atomic E-state index is -0.473. The number of hydrogen-bond donors (Lipinski definition) is 1. The largest absolute Gasteiger partial charge is 0.497 e. The zero-order chi connectivity index (χ0) is 19.6. The SMILES string of the molecule is COc1ccc([C@H](CNC(=O)c2oc3c(F)cccc3c2C)N(C)C)cc1. The van der Waals surface area contributed by atoms with E-state index in [9.17, 15) is 9.18 Å². The first-order valence-corrected chi connectivity index (χ1v) is 8.68. The van der Waals surface area contributed by atoms with Crippen LogP contribution in [0.15, 0.2) is 46.9 Å². The van der Waals surface area contributed by atoms with Crippen molar-refractivity contribution in [2.45, 2.75) is 13.0 Å². The van der Waals surface area contributed by atoms with Crippen LogP contribution in [0.1, 0.15) is 27.7 Å². The Balaban J connectivity index is 1.78. The van der Waals surface area contributed by atoms with E-state index in [1.54, 1.807) is 26.2 Å². The van der Waals surface area contributed by atoms with Crippen molar-refractivity contribution in [1.82, 2.24) is 10.2 Å². The second kappa shape index (κ2) is 7.80. The number of methoxy groups -OCH3 is 1. The van der Waals surface area contributed by atoms with Gasteiger partial charge in [-0.1, -0.05) is 24.3 Å². The maximum Gasteiger partial charge on any atom is 0.287 e. The molecule has 1 N–H and O–H groups in total. The lowest BCUT2D eigenvalue weighted by atomic mass is 10.1. The number of amides is 1. The molecule has 1 amide bonds. The van der Waals surface area contributed by atoms with Gasteiger partial charge in [-0.15, -0.1) is 0 Å². The standard InChI is InChI=1S/C21H23FN2O3/c1-13-16-6-5-7-17(22)20(16)27-19(13)21(25)23-12-18(24(2)3)14-8-10-15(26-4)11-9-14/h5-11,18H,12H2,1-4H3,(H,23,25)/t18-/m0/s1. The number of carbonyl (C=O) groups excluding carboxylic acids is 1. The van der Waals surface area contributed by atoms with Crippen LogP contribution < -0.4 is 10.1 Å². The predicted molar refractivity (Wildman–Crippen MR) is 103 cm³/mol. The molecule has 3 aromatic rings. The Bertz CT molecular complexity index is 948. The van der Waals surface area contributed by atoms with E-state index in [0.717, 1.165) is 11.3 Å². The fourth-order valence-electron chi connectivity index (χ4n) is 3.12. The van der Waals surface area contributed by atoms with E-state index in [1.165, 1.54) is 6.07 Å². The van der Waals surface area contributed by atoms with Crippen LogP contribution in [0.5, 0.6) is 5.75 Å². The van der Waals surface area contributed by atoms with Gasteiger partial charge in [0.05, 0.1) is 13.2 Å². The number of para-hydroxylation sites is 1. The van der Waals surface area contributed by atoms with Crippen LogP contribution in [-0.2, 0) is 0 Å². The normalized spacial score (nSPS) is 12.4. The smallest absolute Gasteiger partial charge is 0.287 e.